The third-order valence-corrected chi connectivity index (χ3v) is 2.65. The SMILES string of the molecule is CCCNCCCN(C)Cc1nccn1C. The van der Waals surface area contributed by atoms with Gasteiger partial charge in [-0.25, -0.2) is 4.98 Å². The standard InChI is InChI=1S/C12H24N4/c1-4-6-13-7-5-9-15(2)11-12-14-8-10-16(12)3/h8,10,13H,4-7,9,11H2,1-3H3. The normalized spacial score (nSPS) is 11.2. The average Bonchev–Trinajstić information content (AvgIpc) is 2.64. The zero-order valence-corrected chi connectivity index (χ0v) is 10.7. The van der Waals surface area contributed by atoms with Gasteiger partial charge in [-0.3, -0.25) is 4.90 Å². The van der Waals surface area contributed by atoms with Crippen LogP contribution in [0.5, 0.6) is 0 Å². The summed E-state index contributed by atoms with van der Waals surface area (Å²) in [6, 6.07) is 0. The molecule has 0 aromatic carbocycles. The second-order valence-corrected chi connectivity index (χ2v) is 4.30. The molecule has 92 valence electrons. The summed E-state index contributed by atoms with van der Waals surface area (Å²) in [6.45, 7) is 6.48. The Labute approximate surface area is 98.7 Å². The van der Waals surface area contributed by atoms with Crippen molar-refractivity contribution in [3.8, 4) is 0 Å². The van der Waals surface area contributed by atoms with Crippen LogP contribution in [0.4, 0.5) is 0 Å². The highest BCUT2D eigenvalue weighted by Crippen LogP contribution is 1.99. The summed E-state index contributed by atoms with van der Waals surface area (Å²) in [4.78, 5) is 6.63. The van der Waals surface area contributed by atoms with Gasteiger partial charge in [0.25, 0.3) is 0 Å². The van der Waals surface area contributed by atoms with Gasteiger partial charge in [0.05, 0.1) is 6.54 Å². The summed E-state index contributed by atoms with van der Waals surface area (Å²) < 4.78 is 2.08. The molecule has 0 aliphatic heterocycles. The predicted octanol–water partition coefficient (Wildman–Crippen LogP) is 1.24. The predicted molar refractivity (Wildman–Crippen MR) is 67.3 cm³/mol. The Balaban J connectivity index is 2.11. The quantitative estimate of drug-likeness (QED) is 0.675. The maximum atomic E-state index is 4.32. The molecule has 0 aliphatic carbocycles. The van der Waals surface area contributed by atoms with Crippen molar-refractivity contribution in [2.45, 2.75) is 26.3 Å². The Hall–Kier alpha value is -0.870. The van der Waals surface area contributed by atoms with Crippen LogP contribution >= 0.6 is 0 Å². The summed E-state index contributed by atoms with van der Waals surface area (Å²) in [7, 11) is 4.19. The molecule has 0 aliphatic rings. The van der Waals surface area contributed by atoms with Crippen LogP contribution in [0.3, 0.4) is 0 Å². The van der Waals surface area contributed by atoms with Crippen molar-refractivity contribution < 1.29 is 0 Å². The lowest BCUT2D eigenvalue weighted by Crippen LogP contribution is -2.25. The first-order chi connectivity index (χ1) is 7.74. The van der Waals surface area contributed by atoms with E-state index in [0.29, 0.717) is 0 Å². The average molecular weight is 224 g/mol. The van der Waals surface area contributed by atoms with Crippen molar-refractivity contribution >= 4 is 0 Å². The minimum Gasteiger partial charge on any atom is -0.337 e. The first-order valence-electron chi connectivity index (χ1n) is 6.09. The van der Waals surface area contributed by atoms with E-state index in [2.05, 4.69) is 33.7 Å². The molecule has 0 radical (unpaired) electrons. The van der Waals surface area contributed by atoms with Crippen LogP contribution in [0.1, 0.15) is 25.6 Å². The molecule has 0 unspecified atom stereocenters. The van der Waals surface area contributed by atoms with Crippen LogP contribution in [-0.2, 0) is 13.6 Å². The van der Waals surface area contributed by atoms with Crippen LogP contribution in [-0.4, -0.2) is 41.1 Å². The molecule has 0 atom stereocenters. The van der Waals surface area contributed by atoms with E-state index in [1.165, 1.54) is 12.8 Å². The van der Waals surface area contributed by atoms with Gasteiger partial charge in [-0.05, 0) is 39.5 Å². The van der Waals surface area contributed by atoms with Crippen molar-refractivity contribution in [1.82, 2.24) is 19.8 Å². The van der Waals surface area contributed by atoms with Crippen LogP contribution in [0.25, 0.3) is 0 Å². The molecule has 1 N–H and O–H groups in total. The van der Waals surface area contributed by atoms with Crippen molar-refractivity contribution in [3.05, 3.63) is 18.2 Å². The number of aromatic nitrogens is 2. The van der Waals surface area contributed by atoms with Gasteiger partial charge in [0.1, 0.15) is 5.82 Å². The number of aryl methyl sites for hydroxylation is 1. The van der Waals surface area contributed by atoms with Gasteiger partial charge in [-0.15, -0.1) is 0 Å². The van der Waals surface area contributed by atoms with E-state index in [1.54, 1.807) is 0 Å². The van der Waals surface area contributed by atoms with E-state index in [0.717, 1.165) is 32.0 Å². The third kappa shape index (κ3) is 4.77. The second kappa shape index (κ2) is 7.41. The highest BCUT2D eigenvalue weighted by atomic mass is 15.1. The first kappa shape index (κ1) is 13.2. The lowest BCUT2D eigenvalue weighted by Gasteiger charge is -2.16. The lowest BCUT2D eigenvalue weighted by molar-refractivity contribution is 0.308. The summed E-state index contributed by atoms with van der Waals surface area (Å²) in [5, 5.41) is 3.41. The third-order valence-electron chi connectivity index (χ3n) is 2.65. The monoisotopic (exact) mass is 224 g/mol. The van der Waals surface area contributed by atoms with Crippen molar-refractivity contribution in [2.75, 3.05) is 26.7 Å². The maximum Gasteiger partial charge on any atom is 0.122 e. The van der Waals surface area contributed by atoms with E-state index < -0.39 is 0 Å². The fourth-order valence-corrected chi connectivity index (χ4v) is 1.65. The molecule has 1 rings (SSSR count). The van der Waals surface area contributed by atoms with Gasteiger partial charge in [0.15, 0.2) is 0 Å². The number of nitrogens with one attached hydrogen (secondary N) is 1. The van der Waals surface area contributed by atoms with E-state index >= 15 is 0 Å². The molecule has 1 aromatic heterocycles. The zero-order valence-electron chi connectivity index (χ0n) is 10.7. The van der Waals surface area contributed by atoms with E-state index in [9.17, 15) is 0 Å². The molecule has 4 nitrogen and oxygen atoms in total. The number of hydrogen-bond donors (Lipinski definition) is 1. The minimum atomic E-state index is 0.928. The Morgan fingerprint density at radius 1 is 1.44 bits per heavy atom. The van der Waals surface area contributed by atoms with Gasteiger partial charge < -0.3 is 9.88 Å². The fourth-order valence-electron chi connectivity index (χ4n) is 1.65. The molecule has 16 heavy (non-hydrogen) atoms. The molecule has 1 heterocycles. The summed E-state index contributed by atoms with van der Waals surface area (Å²) >= 11 is 0. The summed E-state index contributed by atoms with van der Waals surface area (Å²) in [5.74, 6) is 1.13. The van der Waals surface area contributed by atoms with Crippen LogP contribution in [0, 0.1) is 0 Å². The summed E-state index contributed by atoms with van der Waals surface area (Å²) in [6.07, 6.45) is 6.25. The van der Waals surface area contributed by atoms with Gasteiger partial charge in [0.2, 0.25) is 0 Å². The number of hydrogen-bond acceptors (Lipinski definition) is 3. The lowest BCUT2D eigenvalue weighted by atomic mass is 10.3. The van der Waals surface area contributed by atoms with Crippen molar-refractivity contribution in [1.29, 1.82) is 0 Å². The van der Waals surface area contributed by atoms with Crippen molar-refractivity contribution in [3.63, 3.8) is 0 Å². The van der Waals surface area contributed by atoms with Gasteiger partial charge in [-0.2, -0.15) is 0 Å². The molecule has 1 aromatic rings. The van der Waals surface area contributed by atoms with Gasteiger partial charge >= 0.3 is 0 Å². The molecule has 0 amide bonds. The van der Waals surface area contributed by atoms with Crippen LogP contribution in [0.2, 0.25) is 0 Å². The molecule has 0 bridgehead atoms. The topological polar surface area (TPSA) is 33.1 Å². The van der Waals surface area contributed by atoms with E-state index in [4.69, 9.17) is 0 Å². The number of imidazole rings is 1. The molecule has 4 heteroatoms. The van der Waals surface area contributed by atoms with Crippen molar-refractivity contribution in [2.24, 2.45) is 7.05 Å². The van der Waals surface area contributed by atoms with E-state index in [1.807, 2.05) is 19.4 Å². The van der Waals surface area contributed by atoms with Crippen LogP contribution < -0.4 is 5.32 Å². The Kier molecular flexibility index (Phi) is 6.11. The fraction of sp³-hybridized carbons (Fsp3) is 0.750. The molecular weight excluding hydrogens is 200 g/mol. The molecule has 0 spiro atoms. The molecule has 0 saturated carbocycles. The highest BCUT2D eigenvalue weighted by Gasteiger charge is 2.03. The highest BCUT2D eigenvalue weighted by molar-refractivity contribution is 4.90. The zero-order chi connectivity index (χ0) is 11.8. The smallest absolute Gasteiger partial charge is 0.122 e. The number of rotatable bonds is 8. The number of nitrogens with zero attached hydrogens (tertiary/aromatic N) is 3. The Morgan fingerprint density at radius 2 is 2.25 bits per heavy atom. The maximum absolute atomic E-state index is 4.32. The van der Waals surface area contributed by atoms with Gasteiger partial charge in [0, 0.05) is 19.4 Å². The van der Waals surface area contributed by atoms with Crippen LogP contribution in [0.15, 0.2) is 12.4 Å². The summed E-state index contributed by atoms with van der Waals surface area (Å²) in [5.41, 5.74) is 0. The second-order valence-electron chi connectivity index (χ2n) is 4.30. The largest absolute Gasteiger partial charge is 0.337 e. The Morgan fingerprint density at radius 3 is 2.88 bits per heavy atom. The molecular formula is C12H24N4. The Bertz CT molecular complexity index is 282. The molecule has 0 saturated heterocycles. The first-order valence-corrected chi connectivity index (χ1v) is 6.09. The van der Waals surface area contributed by atoms with Gasteiger partial charge in [-0.1, -0.05) is 6.92 Å². The van der Waals surface area contributed by atoms with E-state index in [-0.39, 0.29) is 0 Å². The minimum absolute atomic E-state index is 0.928. The molecule has 0 fully saturated rings.